The van der Waals surface area contributed by atoms with Crippen molar-refractivity contribution < 1.29 is 9.59 Å². The lowest BCUT2D eigenvalue weighted by Crippen LogP contribution is -2.48. The molecule has 1 aliphatic heterocycles. The number of rotatable bonds is 10. The number of hydrogen-bond acceptors (Lipinski definition) is 3. The highest BCUT2D eigenvalue weighted by Gasteiger charge is 2.21. The highest BCUT2D eigenvalue weighted by molar-refractivity contribution is 5.99. The Balaban J connectivity index is 1.41. The second kappa shape index (κ2) is 13.0. The number of nitrogens with one attached hydrogen (secondary N) is 2. The van der Waals surface area contributed by atoms with Crippen molar-refractivity contribution in [3.8, 4) is 0 Å². The van der Waals surface area contributed by atoms with Gasteiger partial charge in [0.25, 0.3) is 0 Å². The van der Waals surface area contributed by atoms with E-state index in [1.165, 1.54) is 24.8 Å². The van der Waals surface area contributed by atoms with Crippen LogP contribution in [0.2, 0.25) is 0 Å². The van der Waals surface area contributed by atoms with Crippen LogP contribution in [0.3, 0.4) is 0 Å². The molecule has 34 heavy (non-hydrogen) atoms. The van der Waals surface area contributed by atoms with Crippen molar-refractivity contribution in [3.05, 3.63) is 54.1 Å². The van der Waals surface area contributed by atoms with Crippen molar-refractivity contribution in [2.75, 3.05) is 41.7 Å². The Morgan fingerprint density at radius 1 is 0.794 bits per heavy atom. The summed E-state index contributed by atoms with van der Waals surface area (Å²) in [5.41, 5.74) is 3.87. The third-order valence-electron chi connectivity index (χ3n) is 6.45. The third-order valence-corrected chi connectivity index (χ3v) is 6.45. The lowest BCUT2D eigenvalue weighted by molar-refractivity contribution is -0.131. The minimum Gasteiger partial charge on any atom is -0.368 e. The number of amides is 3. The smallest absolute Gasteiger partial charge is 0.323 e. The topological polar surface area (TPSA) is 64.7 Å². The number of urea groups is 1. The molecular weight excluding hydrogens is 424 g/mol. The molecule has 0 bridgehead atoms. The van der Waals surface area contributed by atoms with Crippen molar-refractivity contribution >= 4 is 29.0 Å². The summed E-state index contributed by atoms with van der Waals surface area (Å²) in [5.74, 6) is 0.755. The van der Waals surface area contributed by atoms with Gasteiger partial charge >= 0.3 is 6.03 Å². The van der Waals surface area contributed by atoms with E-state index in [1.54, 1.807) is 0 Å². The summed E-state index contributed by atoms with van der Waals surface area (Å²) in [6.07, 6.45) is 6.56. The van der Waals surface area contributed by atoms with Crippen molar-refractivity contribution in [1.29, 1.82) is 0 Å². The second-order valence-corrected chi connectivity index (χ2v) is 9.43. The Kier molecular flexibility index (Phi) is 9.80. The van der Waals surface area contributed by atoms with Crippen molar-refractivity contribution in [3.63, 3.8) is 0 Å². The highest BCUT2D eigenvalue weighted by Crippen LogP contribution is 2.21. The molecule has 6 nitrogen and oxygen atoms in total. The first-order chi connectivity index (χ1) is 16.5. The van der Waals surface area contributed by atoms with Gasteiger partial charge in [0.05, 0.1) is 0 Å². The predicted molar refractivity (Wildman–Crippen MR) is 142 cm³/mol. The molecule has 2 aromatic carbocycles. The zero-order valence-corrected chi connectivity index (χ0v) is 21.0. The van der Waals surface area contributed by atoms with E-state index in [4.69, 9.17) is 0 Å². The lowest BCUT2D eigenvalue weighted by atomic mass is 10.0. The van der Waals surface area contributed by atoms with Crippen LogP contribution in [0.25, 0.3) is 0 Å². The predicted octanol–water partition coefficient (Wildman–Crippen LogP) is 6.46. The number of unbranched alkanes of at least 4 members (excludes halogenated alkanes) is 4. The molecule has 3 amide bonds. The fourth-order valence-electron chi connectivity index (χ4n) is 4.25. The van der Waals surface area contributed by atoms with E-state index >= 15 is 0 Å². The average Bonchev–Trinajstić information content (AvgIpc) is 2.84. The molecule has 0 atom stereocenters. The van der Waals surface area contributed by atoms with Crippen LogP contribution in [0.1, 0.15) is 70.8 Å². The summed E-state index contributed by atoms with van der Waals surface area (Å²) in [5, 5.41) is 5.77. The molecule has 0 aromatic heterocycles. The number of hydrogen-bond donors (Lipinski definition) is 2. The molecule has 1 aliphatic rings. The first-order valence-corrected chi connectivity index (χ1v) is 12.8. The van der Waals surface area contributed by atoms with Gasteiger partial charge in [0.15, 0.2) is 0 Å². The Hall–Kier alpha value is -3.02. The molecule has 1 heterocycles. The number of benzene rings is 2. The van der Waals surface area contributed by atoms with E-state index in [9.17, 15) is 9.59 Å². The monoisotopic (exact) mass is 464 g/mol. The van der Waals surface area contributed by atoms with Crippen LogP contribution >= 0.6 is 0 Å². The molecule has 1 saturated heterocycles. The quantitative estimate of drug-likeness (QED) is 0.396. The Morgan fingerprint density at radius 3 is 1.91 bits per heavy atom. The van der Waals surface area contributed by atoms with Gasteiger partial charge < -0.3 is 20.4 Å². The summed E-state index contributed by atoms with van der Waals surface area (Å²) in [7, 11) is 0. The third kappa shape index (κ3) is 7.79. The number of carbonyl (C=O) groups is 2. The van der Waals surface area contributed by atoms with Gasteiger partial charge in [-0.05, 0) is 54.3 Å². The highest BCUT2D eigenvalue weighted by atomic mass is 16.2. The van der Waals surface area contributed by atoms with Gasteiger partial charge in [-0.15, -0.1) is 0 Å². The molecule has 0 saturated carbocycles. The van der Waals surface area contributed by atoms with Crippen LogP contribution < -0.4 is 15.5 Å². The molecule has 3 rings (SSSR count). The van der Waals surface area contributed by atoms with Crippen LogP contribution in [0.5, 0.6) is 0 Å². The Labute approximate surface area is 204 Å². The number of piperazine rings is 1. The first kappa shape index (κ1) is 25.6. The van der Waals surface area contributed by atoms with Crippen LogP contribution in [-0.2, 0) is 4.79 Å². The normalized spacial score (nSPS) is 13.8. The van der Waals surface area contributed by atoms with Gasteiger partial charge in [0.2, 0.25) is 5.91 Å². The SMILES string of the molecule is CCCCCCCC(=O)N1CCN(c2ccc(NC(=O)Nc3ccc(C(C)C)cc3)cc2)CC1. The standard InChI is InChI=1S/C28H40N4O2/c1-4-5-6-7-8-9-27(33)32-20-18-31(19-21-32)26-16-14-25(15-17-26)30-28(34)29-24-12-10-23(11-13-24)22(2)3/h10-17,22H,4-9,18-21H2,1-3H3,(H2,29,30,34). The van der Waals surface area contributed by atoms with E-state index in [1.807, 2.05) is 53.4 Å². The van der Waals surface area contributed by atoms with Gasteiger partial charge in [0, 0.05) is 49.7 Å². The molecule has 2 N–H and O–H groups in total. The van der Waals surface area contributed by atoms with E-state index in [0.717, 1.165) is 56.1 Å². The zero-order chi connectivity index (χ0) is 24.3. The number of nitrogens with zero attached hydrogens (tertiary/aromatic N) is 2. The van der Waals surface area contributed by atoms with E-state index in [0.29, 0.717) is 18.2 Å². The minimum absolute atomic E-state index is 0.258. The summed E-state index contributed by atoms with van der Waals surface area (Å²) in [4.78, 5) is 29.1. The molecule has 184 valence electrons. The molecular formula is C28H40N4O2. The van der Waals surface area contributed by atoms with E-state index in [-0.39, 0.29) is 6.03 Å². The maximum Gasteiger partial charge on any atom is 0.323 e. The fraction of sp³-hybridized carbons (Fsp3) is 0.500. The molecule has 2 aromatic rings. The van der Waals surface area contributed by atoms with Gasteiger partial charge in [0.1, 0.15) is 0 Å². The molecule has 0 spiro atoms. The van der Waals surface area contributed by atoms with Crippen molar-refractivity contribution in [2.45, 2.75) is 65.2 Å². The minimum atomic E-state index is -0.258. The summed E-state index contributed by atoms with van der Waals surface area (Å²) < 4.78 is 0. The van der Waals surface area contributed by atoms with Gasteiger partial charge in [-0.25, -0.2) is 4.79 Å². The van der Waals surface area contributed by atoms with E-state index in [2.05, 4.69) is 36.3 Å². The zero-order valence-electron chi connectivity index (χ0n) is 21.0. The molecule has 1 fully saturated rings. The molecule has 6 heteroatoms. The van der Waals surface area contributed by atoms with Crippen molar-refractivity contribution in [1.82, 2.24) is 4.90 Å². The summed E-state index contributed by atoms with van der Waals surface area (Å²) in [6, 6.07) is 15.6. The Morgan fingerprint density at radius 2 is 1.35 bits per heavy atom. The largest absolute Gasteiger partial charge is 0.368 e. The fourth-order valence-corrected chi connectivity index (χ4v) is 4.25. The molecule has 0 radical (unpaired) electrons. The van der Waals surface area contributed by atoms with Gasteiger partial charge in [-0.3, -0.25) is 4.79 Å². The van der Waals surface area contributed by atoms with Crippen LogP contribution in [0.15, 0.2) is 48.5 Å². The van der Waals surface area contributed by atoms with Gasteiger partial charge in [-0.2, -0.15) is 0 Å². The second-order valence-electron chi connectivity index (χ2n) is 9.43. The Bertz CT molecular complexity index is 901. The van der Waals surface area contributed by atoms with E-state index < -0.39 is 0 Å². The average molecular weight is 465 g/mol. The number of anilines is 3. The lowest BCUT2D eigenvalue weighted by Gasteiger charge is -2.36. The van der Waals surface area contributed by atoms with Crippen molar-refractivity contribution in [2.24, 2.45) is 0 Å². The van der Waals surface area contributed by atoms with Crippen LogP contribution in [-0.4, -0.2) is 43.0 Å². The molecule has 0 unspecified atom stereocenters. The summed E-state index contributed by atoms with van der Waals surface area (Å²) in [6.45, 7) is 9.71. The first-order valence-electron chi connectivity index (χ1n) is 12.8. The maximum absolute atomic E-state index is 12.5. The van der Waals surface area contributed by atoms with Crippen LogP contribution in [0.4, 0.5) is 21.9 Å². The maximum atomic E-state index is 12.5. The summed E-state index contributed by atoms with van der Waals surface area (Å²) >= 11 is 0. The molecule has 0 aliphatic carbocycles. The number of carbonyl (C=O) groups excluding carboxylic acids is 2. The van der Waals surface area contributed by atoms with Gasteiger partial charge in [-0.1, -0.05) is 58.6 Å². The van der Waals surface area contributed by atoms with Crippen LogP contribution in [0, 0.1) is 0 Å².